The van der Waals surface area contributed by atoms with E-state index in [9.17, 15) is 0 Å². The minimum atomic E-state index is 0.805. The van der Waals surface area contributed by atoms with E-state index in [1.165, 1.54) is 19.3 Å². The Morgan fingerprint density at radius 1 is 1.29 bits per heavy atom. The molecular formula is C11H15N3. The Morgan fingerprint density at radius 3 is 3.07 bits per heavy atom. The molecule has 0 fully saturated rings. The third kappa shape index (κ3) is 1.92. The Labute approximate surface area is 83.8 Å². The number of aromatic nitrogens is 3. The maximum atomic E-state index is 4.46. The molecule has 0 N–H and O–H groups in total. The predicted octanol–water partition coefficient (Wildman–Crippen LogP) is 2.46. The maximum absolute atomic E-state index is 4.46. The number of hydrogen-bond donors (Lipinski definition) is 0. The first-order valence-corrected chi connectivity index (χ1v) is 5.19. The summed E-state index contributed by atoms with van der Waals surface area (Å²) in [5.41, 5.74) is 1.15. The van der Waals surface area contributed by atoms with Crippen LogP contribution >= 0.6 is 0 Å². The number of rotatable bonds is 4. The second kappa shape index (κ2) is 4.22. The van der Waals surface area contributed by atoms with Crippen molar-refractivity contribution in [2.75, 3.05) is 0 Å². The minimum absolute atomic E-state index is 0.805. The lowest BCUT2D eigenvalue weighted by atomic mass is 10.1. The number of hydrogen-bond acceptors (Lipinski definition) is 2. The van der Waals surface area contributed by atoms with Crippen LogP contribution in [0.25, 0.3) is 5.78 Å². The van der Waals surface area contributed by atoms with Crippen LogP contribution in [0.2, 0.25) is 0 Å². The van der Waals surface area contributed by atoms with Crippen molar-refractivity contribution < 1.29 is 0 Å². The molecule has 2 aromatic rings. The normalized spacial score (nSPS) is 10.9. The molecule has 74 valence electrons. The van der Waals surface area contributed by atoms with Gasteiger partial charge in [-0.15, -0.1) is 0 Å². The summed E-state index contributed by atoms with van der Waals surface area (Å²) >= 11 is 0. The van der Waals surface area contributed by atoms with Crippen LogP contribution < -0.4 is 0 Å². The molecule has 2 aromatic heterocycles. The predicted molar refractivity (Wildman–Crippen MR) is 56.2 cm³/mol. The zero-order valence-electron chi connectivity index (χ0n) is 8.48. The van der Waals surface area contributed by atoms with Crippen molar-refractivity contribution in [1.29, 1.82) is 0 Å². The van der Waals surface area contributed by atoms with Crippen molar-refractivity contribution in [2.24, 2.45) is 0 Å². The van der Waals surface area contributed by atoms with Crippen molar-refractivity contribution in [3.05, 3.63) is 30.4 Å². The van der Waals surface area contributed by atoms with Crippen LogP contribution in [0.5, 0.6) is 0 Å². The minimum Gasteiger partial charge on any atom is -0.291 e. The molecule has 0 saturated carbocycles. The van der Waals surface area contributed by atoms with Crippen molar-refractivity contribution in [2.45, 2.75) is 32.6 Å². The van der Waals surface area contributed by atoms with Gasteiger partial charge in [-0.25, -0.2) is 9.97 Å². The zero-order chi connectivity index (χ0) is 9.80. The fourth-order valence-corrected chi connectivity index (χ4v) is 1.54. The van der Waals surface area contributed by atoms with Crippen LogP contribution in [0, 0.1) is 0 Å². The molecule has 0 saturated heterocycles. The Morgan fingerprint density at radius 2 is 2.21 bits per heavy atom. The van der Waals surface area contributed by atoms with E-state index in [1.807, 2.05) is 16.8 Å². The Kier molecular flexibility index (Phi) is 2.77. The molecule has 0 amide bonds. The number of fused-ring (bicyclic) bond motifs is 1. The van der Waals surface area contributed by atoms with E-state index in [1.54, 1.807) is 6.20 Å². The van der Waals surface area contributed by atoms with Gasteiger partial charge in [-0.3, -0.25) is 4.40 Å². The summed E-state index contributed by atoms with van der Waals surface area (Å²) in [6.45, 7) is 2.21. The molecule has 0 aliphatic heterocycles. The van der Waals surface area contributed by atoms with Crippen LogP contribution in [0.1, 0.15) is 31.9 Å². The number of imidazole rings is 1. The van der Waals surface area contributed by atoms with E-state index in [0.29, 0.717) is 0 Å². The lowest BCUT2D eigenvalue weighted by Crippen LogP contribution is -1.94. The van der Waals surface area contributed by atoms with Crippen LogP contribution in [-0.2, 0) is 6.42 Å². The molecule has 0 aromatic carbocycles. The van der Waals surface area contributed by atoms with E-state index in [4.69, 9.17) is 0 Å². The Bertz CT molecular complexity index is 406. The van der Waals surface area contributed by atoms with Crippen molar-refractivity contribution >= 4 is 5.78 Å². The van der Waals surface area contributed by atoms with Gasteiger partial charge in [-0.05, 0) is 18.9 Å². The first kappa shape index (κ1) is 9.19. The van der Waals surface area contributed by atoms with Gasteiger partial charge in [-0.2, -0.15) is 0 Å². The molecule has 0 bridgehead atoms. The lowest BCUT2D eigenvalue weighted by Gasteiger charge is -1.99. The van der Waals surface area contributed by atoms with Gasteiger partial charge >= 0.3 is 0 Å². The molecule has 0 atom stereocenters. The molecule has 3 nitrogen and oxygen atoms in total. The monoisotopic (exact) mass is 189 g/mol. The van der Waals surface area contributed by atoms with Crippen LogP contribution in [0.4, 0.5) is 0 Å². The van der Waals surface area contributed by atoms with E-state index >= 15 is 0 Å². The van der Waals surface area contributed by atoms with Gasteiger partial charge in [0.2, 0.25) is 5.78 Å². The van der Waals surface area contributed by atoms with Gasteiger partial charge in [0.05, 0.1) is 0 Å². The summed E-state index contributed by atoms with van der Waals surface area (Å²) in [4.78, 5) is 8.62. The van der Waals surface area contributed by atoms with Crippen LogP contribution in [-0.4, -0.2) is 14.4 Å². The summed E-state index contributed by atoms with van der Waals surface area (Å²) in [6.07, 6.45) is 10.5. The van der Waals surface area contributed by atoms with Crippen molar-refractivity contribution in [3.8, 4) is 0 Å². The van der Waals surface area contributed by atoms with E-state index in [2.05, 4.69) is 23.0 Å². The highest BCUT2D eigenvalue weighted by atomic mass is 15.1. The molecule has 2 rings (SSSR count). The molecule has 0 spiro atoms. The average Bonchev–Trinajstić information content (AvgIpc) is 2.65. The first-order valence-electron chi connectivity index (χ1n) is 5.19. The van der Waals surface area contributed by atoms with Gasteiger partial charge in [0.1, 0.15) is 0 Å². The smallest absolute Gasteiger partial charge is 0.233 e. The highest BCUT2D eigenvalue weighted by molar-refractivity contribution is 5.28. The fourth-order valence-electron chi connectivity index (χ4n) is 1.54. The molecular weight excluding hydrogens is 174 g/mol. The van der Waals surface area contributed by atoms with Gasteiger partial charge in [-0.1, -0.05) is 19.8 Å². The second-order valence-electron chi connectivity index (χ2n) is 3.51. The van der Waals surface area contributed by atoms with E-state index in [-0.39, 0.29) is 0 Å². The summed E-state index contributed by atoms with van der Waals surface area (Å²) in [5.74, 6) is 0.805. The largest absolute Gasteiger partial charge is 0.291 e. The zero-order valence-corrected chi connectivity index (χ0v) is 8.48. The number of nitrogens with zero attached hydrogens (tertiary/aromatic N) is 3. The van der Waals surface area contributed by atoms with Gasteiger partial charge < -0.3 is 0 Å². The molecule has 0 aliphatic carbocycles. The standard InChI is InChI=1S/C11H15N3/c1-2-3-4-5-10-6-8-14-9-7-12-11(14)13-10/h6-9H,2-5H2,1H3. The van der Waals surface area contributed by atoms with Crippen molar-refractivity contribution in [3.63, 3.8) is 0 Å². The molecule has 3 heteroatoms. The molecule has 0 unspecified atom stereocenters. The molecule has 0 aliphatic rings. The molecule has 14 heavy (non-hydrogen) atoms. The average molecular weight is 189 g/mol. The Hall–Kier alpha value is -1.38. The fraction of sp³-hybridized carbons (Fsp3) is 0.455. The van der Waals surface area contributed by atoms with Crippen LogP contribution in [0.3, 0.4) is 0 Å². The van der Waals surface area contributed by atoms with Gasteiger partial charge in [0.15, 0.2) is 0 Å². The van der Waals surface area contributed by atoms with Gasteiger partial charge in [0, 0.05) is 24.3 Å². The first-order chi connectivity index (χ1) is 6.90. The molecule has 0 radical (unpaired) electrons. The second-order valence-corrected chi connectivity index (χ2v) is 3.51. The quantitative estimate of drug-likeness (QED) is 0.691. The topological polar surface area (TPSA) is 30.2 Å². The highest BCUT2D eigenvalue weighted by Crippen LogP contribution is 2.05. The third-order valence-electron chi connectivity index (χ3n) is 2.36. The van der Waals surface area contributed by atoms with E-state index < -0.39 is 0 Å². The summed E-state index contributed by atoms with van der Waals surface area (Å²) in [7, 11) is 0. The summed E-state index contributed by atoms with van der Waals surface area (Å²) < 4.78 is 1.93. The maximum Gasteiger partial charge on any atom is 0.233 e. The Balaban J connectivity index is 2.10. The number of aryl methyl sites for hydroxylation is 1. The van der Waals surface area contributed by atoms with E-state index in [0.717, 1.165) is 17.9 Å². The highest BCUT2D eigenvalue weighted by Gasteiger charge is 1.98. The summed E-state index contributed by atoms with van der Waals surface area (Å²) in [6, 6.07) is 2.07. The lowest BCUT2D eigenvalue weighted by molar-refractivity contribution is 0.706. The van der Waals surface area contributed by atoms with Crippen molar-refractivity contribution in [1.82, 2.24) is 14.4 Å². The molecule has 2 heterocycles. The van der Waals surface area contributed by atoms with Crippen LogP contribution in [0.15, 0.2) is 24.7 Å². The SMILES string of the molecule is CCCCCc1ccn2ccnc2n1. The van der Waals surface area contributed by atoms with Gasteiger partial charge in [0.25, 0.3) is 0 Å². The third-order valence-corrected chi connectivity index (χ3v) is 2.36. The number of unbranched alkanes of at least 4 members (excludes halogenated alkanes) is 2. The summed E-state index contributed by atoms with van der Waals surface area (Å²) in [5, 5.41) is 0.